The van der Waals surface area contributed by atoms with Crippen LogP contribution in [0.25, 0.3) is 32.8 Å². The van der Waals surface area contributed by atoms with Gasteiger partial charge in [0.05, 0.1) is 25.9 Å². The lowest BCUT2D eigenvalue weighted by atomic mass is 10.1. The maximum Gasteiger partial charge on any atom is 0.472 e. The number of fused-ring (bicyclic) bond motifs is 4. The predicted molar refractivity (Wildman–Crippen MR) is 174 cm³/mol. The molecular weight excluding hydrogens is 770 g/mol. The Hall–Kier alpha value is -4.82. The minimum Gasteiger partial charge on any atom is -0.438 e. The molecule has 0 saturated carbocycles. The number of hydrogen-bond acceptors (Lipinski definition) is 20. The van der Waals surface area contributed by atoms with E-state index in [1.807, 2.05) is 0 Å². The number of nitrogens with two attached hydrogens (primary N) is 2. The normalized spacial score (nSPS) is 32.9. The molecule has 0 spiro atoms. The molecule has 28 nitrogen and oxygen atoms in total. The molecule has 0 aliphatic carbocycles. The number of amides is 1. The van der Waals surface area contributed by atoms with Gasteiger partial charge in [0.2, 0.25) is 5.95 Å². The molecule has 4 aromatic rings. The third-order valence-corrected chi connectivity index (χ3v) is 10.3. The molecule has 54 heavy (non-hydrogen) atoms. The van der Waals surface area contributed by atoms with Crippen molar-refractivity contribution >= 4 is 55.8 Å². The number of aliphatic hydroxyl groups excluding tert-OH is 1. The zero-order chi connectivity index (χ0) is 38.4. The molecule has 290 valence electrons. The first kappa shape index (κ1) is 37.5. The highest BCUT2D eigenvalue weighted by Crippen LogP contribution is 2.54. The average Bonchev–Trinajstić information content (AvgIpc) is 3.88. The monoisotopic (exact) mass is 800 g/mol. The first-order valence-electron chi connectivity index (χ1n) is 15.7. The first-order valence-corrected chi connectivity index (χ1v) is 18.7. The van der Waals surface area contributed by atoms with E-state index < -0.39 is 89.6 Å². The summed E-state index contributed by atoms with van der Waals surface area (Å²) in [7, 11) is -10.4. The Balaban J connectivity index is 1.19. The lowest BCUT2D eigenvalue weighted by Crippen LogP contribution is -2.42. The van der Waals surface area contributed by atoms with Crippen molar-refractivity contribution in [3.63, 3.8) is 0 Å². The third-order valence-electron chi connectivity index (χ3n) is 8.31. The second-order valence-electron chi connectivity index (χ2n) is 11.8. The number of imidazole rings is 2. The van der Waals surface area contributed by atoms with Crippen LogP contribution in [0.5, 0.6) is 0 Å². The van der Waals surface area contributed by atoms with Gasteiger partial charge < -0.3 is 45.9 Å². The van der Waals surface area contributed by atoms with Gasteiger partial charge in [0.15, 0.2) is 41.2 Å². The van der Waals surface area contributed by atoms with Gasteiger partial charge in [-0.1, -0.05) is 5.11 Å². The van der Waals surface area contributed by atoms with Crippen LogP contribution >= 0.6 is 15.6 Å². The van der Waals surface area contributed by atoms with Gasteiger partial charge in [-0.2, -0.15) is 4.98 Å². The fourth-order valence-corrected chi connectivity index (χ4v) is 7.90. The number of phosphoric ester groups is 2. The molecule has 1 amide bonds. The van der Waals surface area contributed by atoms with Crippen molar-refractivity contribution < 1.29 is 61.1 Å². The molecule has 7 heterocycles. The second-order valence-corrected chi connectivity index (χ2v) is 14.6. The summed E-state index contributed by atoms with van der Waals surface area (Å²) in [4.78, 5) is 72.3. The standard InChI is InChI=1S/C24H30N14O14P2/c25-17-11-18(30-6-29-17)37(7-31-11)21-13(39)14-9(48-21)4-46-54(44,45)52-15-10(5-47-53(42,43)51-14)49-22(16(15)50-24(41)28-2-1-3-33-36-27)38-8-32-12-19(38)34-23(26)35-20(12)40/h6-10,13-16,21-22,39H,1-5H2,(H,28,41)(H,42,43)(H,44,45)(H2,25,29,30)(H3,26,34,35,40)/t9-,10?,13-,14-,15-,16-,21-,22-/m1/s1. The van der Waals surface area contributed by atoms with Crippen LogP contribution in [0.2, 0.25) is 0 Å². The van der Waals surface area contributed by atoms with Crippen LogP contribution in [0.3, 0.4) is 0 Å². The fraction of sp³-hybridized carbons (Fsp3) is 0.542. The van der Waals surface area contributed by atoms with Crippen LogP contribution in [0.4, 0.5) is 16.6 Å². The van der Waals surface area contributed by atoms with Gasteiger partial charge in [0.1, 0.15) is 42.4 Å². The molecule has 4 aromatic heterocycles. The minimum atomic E-state index is -5.23. The number of nitrogen functional groups attached to an aromatic ring is 2. The number of aromatic nitrogens is 8. The van der Waals surface area contributed by atoms with Gasteiger partial charge in [-0.05, 0) is 12.0 Å². The van der Waals surface area contributed by atoms with Crippen LogP contribution in [-0.4, -0.2) is 123 Å². The molecule has 3 fully saturated rings. The number of carbonyl (C=O) groups is 1. The Kier molecular flexibility index (Phi) is 10.3. The Morgan fingerprint density at radius 3 is 2.39 bits per heavy atom. The summed E-state index contributed by atoms with van der Waals surface area (Å²) < 4.78 is 68.1. The number of nitrogens with zero attached hydrogens (tertiary/aromatic N) is 10. The van der Waals surface area contributed by atoms with Gasteiger partial charge in [-0.3, -0.25) is 37.0 Å². The average molecular weight is 801 g/mol. The number of alkyl carbamates (subject to hydrolysis) is 1. The molecule has 3 unspecified atom stereocenters. The topological polar surface area (TPSA) is 397 Å². The highest BCUT2D eigenvalue weighted by atomic mass is 31.2. The highest BCUT2D eigenvalue weighted by molar-refractivity contribution is 7.47. The summed E-state index contributed by atoms with van der Waals surface area (Å²) in [5.74, 6) is -0.310. The lowest BCUT2D eigenvalue weighted by molar-refractivity contribution is -0.0664. The Bertz CT molecular complexity index is 2260. The number of azide groups is 1. The van der Waals surface area contributed by atoms with E-state index in [4.69, 9.17) is 49.3 Å². The lowest BCUT2D eigenvalue weighted by Gasteiger charge is -2.28. The molecular formula is C24H30N14O14P2. The maximum absolute atomic E-state index is 13.5. The van der Waals surface area contributed by atoms with Gasteiger partial charge >= 0.3 is 21.7 Å². The van der Waals surface area contributed by atoms with Crippen LogP contribution in [0.15, 0.2) is 28.9 Å². The van der Waals surface area contributed by atoms with Crippen molar-refractivity contribution in [2.75, 3.05) is 37.8 Å². The number of hydrogen-bond donors (Lipinski definition) is 7. The number of nitrogens with one attached hydrogen (secondary N) is 2. The van der Waals surface area contributed by atoms with Gasteiger partial charge in [-0.25, -0.2) is 33.9 Å². The molecule has 30 heteroatoms. The highest BCUT2D eigenvalue weighted by Gasteiger charge is 2.55. The molecule has 3 saturated heterocycles. The Morgan fingerprint density at radius 1 is 1.02 bits per heavy atom. The van der Waals surface area contributed by atoms with Crippen molar-refractivity contribution in [1.29, 1.82) is 0 Å². The smallest absolute Gasteiger partial charge is 0.438 e. The number of aliphatic hydroxyl groups is 1. The van der Waals surface area contributed by atoms with Crippen molar-refractivity contribution in [2.24, 2.45) is 5.11 Å². The molecule has 9 N–H and O–H groups in total. The van der Waals surface area contributed by atoms with Crippen LogP contribution in [0, 0.1) is 0 Å². The van der Waals surface area contributed by atoms with E-state index in [9.17, 15) is 33.6 Å². The van der Waals surface area contributed by atoms with E-state index in [-0.39, 0.29) is 53.6 Å². The number of anilines is 2. The molecule has 3 aliphatic rings. The number of rotatable bonds is 7. The molecule has 0 radical (unpaired) electrons. The van der Waals surface area contributed by atoms with Crippen molar-refractivity contribution in [3.8, 4) is 0 Å². The molecule has 10 atom stereocenters. The van der Waals surface area contributed by atoms with E-state index in [0.717, 1.165) is 17.2 Å². The predicted octanol–water partition coefficient (Wildman–Crippen LogP) is -0.907. The van der Waals surface area contributed by atoms with Gasteiger partial charge in [-0.15, -0.1) is 0 Å². The van der Waals surface area contributed by atoms with Gasteiger partial charge in [0, 0.05) is 18.0 Å². The van der Waals surface area contributed by atoms with E-state index >= 15 is 0 Å². The van der Waals surface area contributed by atoms with Crippen molar-refractivity contribution in [1.82, 2.24) is 44.4 Å². The maximum atomic E-state index is 13.5. The largest absolute Gasteiger partial charge is 0.472 e. The SMILES string of the molecule is [N-]=[N+]=NCCCNC(=O)O[C@@H]1[C@@H]2OP(=O)(O)OC[C@H]3O[C@@H](n4cnc5c(N)ncnc54)[C@H](O)[C@@H]3OP(=O)(O)OCC2O[C@H]1n1cnc2c(=O)[nH]c(N)nc21. The summed E-state index contributed by atoms with van der Waals surface area (Å²) in [5, 5.41) is 17.0. The summed E-state index contributed by atoms with van der Waals surface area (Å²) in [6.45, 7) is -1.80. The van der Waals surface area contributed by atoms with Crippen LogP contribution in [0.1, 0.15) is 18.9 Å². The minimum absolute atomic E-state index is 0.0133. The van der Waals surface area contributed by atoms with Crippen LogP contribution in [-0.2, 0) is 41.4 Å². The quantitative estimate of drug-likeness (QED) is 0.0391. The third kappa shape index (κ3) is 7.45. The fourth-order valence-electron chi connectivity index (χ4n) is 5.97. The zero-order valence-corrected chi connectivity index (χ0v) is 29.0. The first-order chi connectivity index (χ1) is 25.7. The van der Waals surface area contributed by atoms with Crippen molar-refractivity contribution in [2.45, 2.75) is 55.5 Å². The number of H-pyrrole nitrogens is 1. The molecule has 0 bridgehead atoms. The Labute approximate surface area is 299 Å². The second kappa shape index (κ2) is 14.8. The van der Waals surface area contributed by atoms with Crippen LogP contribution < -0.4 is 22.3 Å². The molecule has 7 rings (SSSR count). The van der Waals surface area contributed by atoms with E-state index in [2.05, 4.69) is 45.2 Å². The van der Waals surface area contributed by atoms with E-state index in [0.29, 0.717) is 0 Å². The van der Waals surface area contributed by atoms with Crippen molar-refractivity contribution in [3.05, 3.63) is 39.8 Å². The number of ether oxygens (including phenoxy) is 3. The number of carbonyl (C=O) groups excluding carboxylic acids is 1. The molecule has 0 aromatic carbocycles. The molecule has 3 aliphatic heterocycles. The number of phosphoric acid groups is 2. The summed E-state index contributed by atoms with van der Waals surface area (Å²) in [5.41, 5.74) is 19.2. The van der Waals surface area contributed by atoms with E-state index in [1.165, 1.54) is 10.9 Å². The van der Waals surface area contributed by atoms with Gasteiger partial charge in [0.25, 0.3) is 5.56 Å². The summed E-state index contributed by atoms with van der Waals surface area (Å²) in [6.07, 6.45) is -10.6. The number of aromatic amines is 1. The Morgan fingerprint density at radius 2 is 1.67 bits per heavy atom. The van der Waals surface area contributed by atoms with E-state index in [1.54, 1.807) is 0 Å². The summed E-state index contributed by atoms with van der Waals surface area (Å²) >= 11 is 0. The summed E-state index contributed by atoms with van der Waals surface area (Å²) in [6, 6.07) is 0. The zero-order valence-electron chi connectivity index (χ0n) is 27.2.